The minimum atomic E-state index is -3.49. The van der Waals surface area contributed by atoms with Crippen LogP contribution in [0.2, 0.25) is 0 Å². The maximum Gasteiger partial charge on any atom is 0.386 e. The summed E-state index contributed by atoms with van der Waals surface area (Å²) in [5.41, 5.74) is 10.9. The van der Waals surface area contributed by atoms with Gasteiger partial charge < -0.3 is 4.52 Å². The molecule has 0 atom stereocenters. The van der Waals surface area contributed by atoms with Gasteiger partial charge in [0.15, 0.2) is 0 Å². The van der Waals surface area contributed by atoms with Crippen LogP contribution in [0.15, 0.2) is 24.3 Å². The highest BCUT2D eigenvalue weighted by atomic mass is 32.1. The molecule has 14 heavy (non-hydrogen) atoms. The zero-order chi connectivity index (χ0) is 10.2. The normalized spacial score (nSPS) is 11.9. The van der Waals surface area contributed by atoms with Crippen molar-refractivity contribution in [2.75, 3.05) is 0 Å². The van der Waals surface area contributed by atoms with Gasteiger partial charge in [-0.1, -0.05) is 23.5 Å². The molecule has 0 saturated heterocycles. The fourth-order valence-corrected chi connectivity index (χ4v) is 2.49. The van der Waals surface area contributed by atoms with Gasteiger partial charge in [-0.3, -0.25) is 0 Å². The number of hydrogen-bond acceptors (Lipinski definition) is 4. The Kier molecular flexibility index (Phi) is 2.28. The summed E-state index contributed by atoms with van der Waals surface area (Å²) in [6.45, 7) is 0. The fourth-order valence-electron chi connectivity index (χ4n) is 1.01. The Morgan fingerprint density at radius 3 is 2.71 bits per heavy atom. The maximum atomic E-state index is 11.0. The first-order chi connectivity index (χ1) is 6.54. The van der Waals surface area contributed by atoms with Crippen LogP contribution in [-0.4, -0.2) is 4.98 Å². The monoisotopic (exact) mass is 229 g/mol. The van der Waals surface area contributed by atoms with Crippen molar-refractivity contribution in [3.63, 3.8) is 0 Å². The molecule has 1 heterocycles. The van der Waals surface area contributed by atoms with Gasteiger partial charge in [-0.25, -0.2) is 20.6 Å². The number of thiazole rings is 1. The van der Waals surface area contributed by atoms with Crippen molar-refractivity contribution >= 4 is 29.2 Å². The molecular formula is C7H8N3O2PS. The Morgan fingerprint density at radius 1 is 1.36 bits per heavy atom. The van der Waals surface area contributed by atoms with E-state index in [2.05, 4.69) is 4.98 Å². The second-order valence-corrected chi connectivity index (χ2v) is 5.15. The summed E-state index contributed by atoms with van der Waals surface area (Å²) in [5.74, 6) is 0. The second-order valence-electron chi connectivity index (χ2n) is 2.68. The summed E-state index contributed by atoms with van der Waals surface area (Å²) in [5, 5.41) is 0.236. The SMILES string of the molecule is NP(N)(=O)Oc1nc2ccccc2s1. The van der Waals surface area contributed by atoms with Crippen LogP contribution in [0.1, 0.15) is 0 Å². The molecule has 0 fully saturated rings. The molecule has 2 aromatic rings. The Labute approximate surface area is 84.3 Å². The zero-order valence-electron chi connectivity index (χ0n) is 7.08. The van der Waals surface area contributed by atoms with Crippen LogP contribution in [0.4, 0.5) is 0 Å². The van der Waals surface area contributed by atoms with Crippen LogP contribution >= 0.6 is 19.0 Å². The van der Waals surface area contributed by atoms with Crippen LogP contribution in [0.3, 0.4) is 0 Å². The first kappa shape index (κ1) is 9.61. The van der Waals surface area contributed by atoms with Crippen molar-refractivity contribution in [2.45, 2.75) is 0 Å². The number of nitrogens with two attached hydrogens (primary N) is 2. The van der Waals surface area contributed by atoms with Crippen molar-refractivity contribution in [2.24, 2.45) is 11.0 Å². The number of benzene rings is 1. The molecule has 0 unspecified atom stereocenters. The molecule has 0 spiro atoms. The van der Waals surface area contributed by atoms with Crippen LogP contribution in [0, 0.1) is 0 Å². The molecule has 1 aromatic heterocycles. The van der Waals surface area contributed by atoms with Crippen LogP contribution in [0.25, 0.3) is 10.2 Å². The lowest BCUT2D eigenvalue weighted by molar-refractivity contribution is 0.483. The quantitative estimate of drug-likeness (QED) is 0.764. The molecule has 1 aromatic carbocycles. The molecule has 0 bridgehead atoms. The highest BCUT2D eigenvalue weighted by Gasteiger charge is 2.13. The Bertz CT molecular complexity index is 473. The van der Waals surface area contributed by atoms with E-state index in [1.165, 1.54) is 11.3 Å². The highest BCUT2D eigenvalue weighted by molar-refractivity contribution is 7.54. The van der Waals surface area contributed by atoms with Crippen molar-refractivity contribution in [3.8, 4) is 5.19 Å². The maximum absolute atomic E-state index is 11.0. The van der Waals surface area contributed by atoms with Crippen molar-refractivity contribution < 1.29 is 9.09 Å². The topological polar surface area (TPSA) is 91.2 Å². The smallest absolute Gasteiger partial charge is 0.386 e. The summed E-state index contributed by atoms with van der Waals surface area (Å²) in [6, 6.07) is 7.46. The zero-order valence-corrected chi connectivity index (χ0v) is 8.79. The molecule has 0 radical (unpaired) electrons. The Morgan fingerprint density at radius 2 is 2.07 bits per heavy atom. The third-order valence-corrected chi connectivity index (χ3v) is 2.99. The van der Waals surface area contributed by atoms with Gasteiger partial charge in [0.1, 0.15) is 0 Å². The van der Waals surface area contributed by atoms with E-state index in [0.717, 1.165) is 10.2 Å². The van der Waals surface area contributed by atoms with E-state index in [-0.39, 0.29) is 5.19 Å². The third kappa shape index (κ3) is 2.10. The third-order valence-electron chi connectivity index (χ3n) is 1.50. The van der Waals surface area contributed by atoms with E-state index in [0.29, 0.717) is 0 Å². The van der Waals surface area contributed by atoms with Gasteiger partial charge in [-0.05, 0) is 12.1 Å². The molecular weight excluding hydrogens is 221 g/mol. The molecule has 0 saturated carbocycles. The highest BCUT2D eigenvalue weighted by Crippen LogP contribution is 2.35. The van der Waals surface area contributed by atoms with E-state index in [9.17, 15) is 4.57 Å². The summed E-state index contributed by atoms with van der Waals surface area (Å²) in [6.07, 6.45) is 0. The number of fused-ring (bicyclic) bond motifs is 1. The average molecular weight is 229 g/mol. The number of aromatic nitrogens is 1. The molecule has 2 rings (SSSR count). The van der Waals surface area contributed by atoms with Gasteiger partial charge in [0.05, 0.1) is 10.2 Å². The predicted molar refractivity (Wildman–Crippen MR) is 56.2 cm³/mol. The predicted octanol–water partition coefficient (Wildman–Crippen LogP) is 1.70. The van der Waals surface area contributed by atoms with E-state index in [1.54, 1.807) is 0 Å². The van der Waals surface area contributed by atoms with Gasteiger partial charge in [0.2, 0.25) is 0 Å². The Balaban J connectivity index is 2.41. The van der Waals surface area contributed by atoms with Crippen LogP contribution in [0.5, 0.6) is 5.19 Å². The van der Waals surface area contributed by atoms with Crippen LogP contribution < -0.4 is 15.5 Å². The Hall–Kier alpha value is -0.940. The second kappa shape index (κ2) is 3.33. The fraction of sp³-hybridized carbons (Fsp3) is 0. The van der Waals surface area contributed by atoms with Crippen molar-refractivity contribution in [3.05, 3.63) is 24.3 Å². The van der Waals surface area contributed by atoms with E-state index in [1.807, 2.05) is 24.3 Å². The van der Waals surface area contributed by atoms with Gasteiger partial charge in [-0.2, -0.15) is 0 Å². The lowest BCUT2D eigenvalue weighted by Crippen LogP contribution is -2.10. The lowest BCUT2D eigenvalue weighted by Gasteiger charge is -2.03. The lowest BCUT2D eigenvalue weighted by atomic mass is 10.3. The molecule has 5 nitrogen and oxygen atoms in total. The number of rotatable bonds is 2. The number of nitrogens with zero attached hydrogens (tertiary/aromatic N) is 1. The van der Waals surface area contributed by atoms with Gasteiger partial charge >= 0.3 is 7.67 Å². The van der Waals surface area contributed by atoms with Crippen molar-refractivity contribution in [1.82, 2.24) is 4.98 Å². The summed E-state index contributed by atoms with van der Waals surface area (Å²) >= 11 is 1.26. The van der Waals surface area contributed by atoms with E-state index < -0.39 is 7.67 Å². The molecule has 0 aliphatic carbocycles. The molecule has 0 amide bonds. The molecule has 0 aliphatic rings. The van der Waals surface area contributed by atoms with Gasteiger partial charge in [-0.15, -0.1) is 0 Å². The van der Waals surface area contributed by atoms with Gasteiger partial charge in [0, 0.05) is 0 Å². The minimum absolute atomic E-state index is 0.236. The average Bonchev–Trinajstić information content (AvgIpc) is 2.42. The van der Waals surface area contributed by atoms with Crippen molar-refractivity contribution in [1.29, 1.82) is 0 Å². The van der Waals surface area contributed by atoms with E-state index >= 15 is 0 Å². The molecule has 7 heteroatoms. The summed E-state index contributed by atoms with van der Waals surface area (Å²) < 4.78 is 16.7. The first-order valence-corrected chi connectivity index (χ1v) is 6.35. The first-order valence-electron chi connectivity index (χ1n) is 3.77. The molecule has 0 aliphatic heterocycles. The largest absolute Gasteiger partial charge is 0.394 e. The summed E-state index contributed by atoms with van der Waals surface area (Å²) in [7, 11) is -3.49. The summed E-state index contributed by atoms with van der Waals surface area (Å²) in [4.78, 5) is 4.06. The minimum Gasteiger partial charge on any atom is -0.394 e. The number of para-hydroxylation sites is 1. The molecule has 4 N–H and O–H groups in total. The van der Waals surface area contributed by atoms with Gasteiger partial charge in [0.25, 0.3) is 5.19 Å². The standard InChI is InChI=1S/C7H8N3O2PS/c8-13(9,11)12-7-10-5-3-1-2-4-6(5)14-7/h1-4H,(H4,8,9,11). The van der Waals surface area contributed by atoms with E-state index in [4.69, 9.17) is 15.5 Å². The number of hydrogen-bond donors (Lipinski definition) is 2. The molecule has 74 valence electrons. The van der Waals surface area contributed by atoms with Crippen LogP contribution in [-0.2, 0) is 4.57 Å².